The Balaban J connectivity index is 2.01. The quantitative estimate of drug-likeness (QED) is 0.863. The van der Waals surface area contributed by atoms with E-state index < -0.39 is 10.0 Å². The number of hydrogen-bond donors (Lipinski definition) is 0. The third kappa shape index (κ3) is 2.86. The van der Waals surface area contributed by atoms with Gasteiger partial charge in [0.2, 0.25) is 0 Å². The fraction of sp³-hybridized carbons (Fsp3) is 0.294. The van der Waals surface area contributed by atoms with Crippen molar-refractivity contribution >= 4 is 15.7 Å². The van der Waals surface area contributed by atoms with E-state index in [2.05, 4.69) is 0 Å². The fourth-order valence-electron chi connectivity index (χ4n) is 2.59. The number of sulfonamides is 1. The minimum absolute atomic E-state index is 0.190. The lowest BCUT2D eigenvalue weighted by Gasteiger charge is -2.23. The zero-order chi connectivity index (χ0) is 16.4. The van der Waals surface area contributed by atoms with Crippen LogP contribution in [0.15, 0.2) is 47.4 Å². The van der Waals surface area contributed by atoms with E-state index in [-0.39, 0.29) is 4.90 Å². The maximum absolute atomic E-state index is 12.9. The van der Waals surface area contributed by atoms with Crippen molar-refractivity contribution in [2.75, 3.05) is 24.6 Å². The van der Waals surface area contributed by atoms with Gasteiger partial charge in [0.05, 0.1) is 10.6 Å². The molecule has 6 heteroatoms. The van der Waals surface area contributed by atoms with Crippen molar-refractivity contribution in [2.24, 2.45) is 0 Å². The van der Waals surface area contributed by atoms with Gasteiger partial charge in [-0.15, -0.1) is 0 Å². The number of ether oxygens (including phenoxy) is 2. The zero-order valence-electron chi connectivity index (χ0n) is 13.2. The predicted octanol–water partition coefficient (Wildman–Crippen LogP) is 2.85. The highest BCUT2D eigenvalue weighted by Gasteiger charge is 2.25. The average molecular weight is 333 g/mol. The summed E-state index contributed by atoms with van der Waals surface area (Å²) < 4.78 is 38.1. The van der Waals surface area contributed by atoms with Crippen LogP contribution < -0.4 is 13.8 Å². The minimum atomic E-state index is -3.66. The Morgan fingerprint density at radius 1 is 1.04 bits per heavy atom. The lowest BCUT2D eigenvalue weighted by molar-refractivity contribution is 0.171. The molecule has 0 saturated heterocycles. The molecule has 0 aromatic heterocycles. The molecule has 2 aromatic carbocycles. The van der Waals surface area contributed by atoms with Gasteiger partial charge in [-0.25, -0.2) is 8.42 Å². The van der Waals surface area contributed by atoms with E-state index in [0.717, 1.165) is 12.0 Å². The summed E-state index contributed by atoms with van der Waals surface area (Å²) in [6, 6.07) is 12.2. The van der Waals surface area contributed by atoms with Crippen molar-refractivity contribution in [3.8, 4) is 11.5 Å². The van der Waals surface area contributed by atoms with Gasteiger partial charge >= 0.3 is 0 Å². The van der Waals surface area contributed by atoms with Crippen molar-refractivity contribution in [2.45, 2.75) is 18.2 Å². The predicted molar refractivity (Wildman–Crippen MR) is 88.8 cm³/mol. The molecule has 3 rings (SSSR count). The van der Waals surface area contributed by atoms with Gasteiger partial charge in [-0.05, 0) is 30.2 Å². The van der Waals surface area contributed by atoms with E-state index in [4.69, 9.17) is 9.47 Å². The summed E-state index contributed by atoms with van der Waals surface area (Å²) in [5, 5.41) is 0. The van der Waals surface area contributed by atoms with Crippen LogP contribution in [-0.4, -0.2) is 28.7 Å². The first-order chi connectivity index (χ1) is 11.0. The van der Waals surface area contributed by atoms with Crippen LogP contribution in [0.4, 0.5) is 5.69 Å². The molecule has 0 saturated carbocycles. The maximum Gasteiger partial charge on any atom is 0.264 e. The highest BCUT2D eigenvalue weighted by Crippen LogP contribution is 2.34. The number of hydrogen-bond acceptors (Lipinski definition) is 4. The Hall–Kier alpha value is -2.21. The molecule has 1 heterocycles. The van der Waals surface area contributed by atoms with E-state index in [1.165, 1.54) is 10.4 Å². The van der Waals surface area contributed by atoms with Crippen LogP contribution >= 0.6 is 0 Å². The van der Waals surface area contributed by atoms with Crippen LogP contribution in [0.5, 0.6) is 11.5 Å². The minimum Gasteiger partial charge on any atom is -0.486 e. The molecule has 122 valence electrons. The van der Waals surface area contributed by atoms with Gasteiger partial charge in [0.1, 0.15) is 13.2 Å². The number of aryl methyl sites for hydroxylation is 1. The topological polar surface area (TPSA) is 55.8 Å². The van der Waals surface area contributed by atoms with Gasteiger partial charge in [0.25, 0.3) is 10.0 Å². The van der Waals surface area contributed by atoms with Gasteiger partial charge in [0.15, 0.2) is 11.5 Å². The van der Waals surface area contributed by atoms with E-state index in [0.29, 0.717) is 30.4 Å². The van der Waals surface area contributed by atoms with Crippen LogP contribution in [0.2, 0.25) is 0 Å². The molecule has 1 aliphatic heterocycles. The second-order valence-electron chi connectivity index (χ2n) is 5.26. The van der Waals surface area contributed by atoms with Gasteiger partial charge in [0, 0.05) is 13.1 Å². The van der Waals surface area contributed by atoms with Crippen molar-refractivity contribution in [3.05, 3.63) is 48.0 Å². The van der Waals surface area contributed by atoms with Gasteiger partial charge in [-0.3, -0.25) is 4.31 Å². The molecule has 0 unspecified atom stereocenters. The zero-order valence-corrected chi connectivity index (χ0v) is 14.0. The molecule has 0 spiro atoms. The molecular weight excluding hydrogens is 314 g/mol. The summed E-state index contributed by atoms with van der Waals surface area (Å²) in [6.45, 7) is 2.90. The largest absolute Gasteiger partial charge is 0.486 e. The second kappa shape index (κ2) is 6.12. The molecular formula is C17H19NO4S. The first kappa shape index (κ1) is 15.7. The summed E-state index contributed by atoms with van der Waals surface area (Å²) >= 11 is 0. The molecule has 23 heavy (non-hydrogen) atoms. The Morgan fingerprint density at radius 3 is 2.48 bits per heavy atom. The lowest BCUT2D eigenvalue weighted by Crippen LogP contribution is -2.27. The summed E-state index contributed by atoms with van der Waals surface area (Å²) in [7, 11) is -2.09. The molecule has 0 bridgehead atoms. The molecule has 0 aliphatic carbocycles. The Labute approximate surface area is 136 Å². The number of fused-ring (bicyclic) bond motifs is 1. The Morgan fingerprint density at radius 2 is 1.74 bits per heavy atom. The first-order valence-electron chi connectivity index (χ1n) is 7.50. The Kier molecular flexibility index (Phi) is 4.17. The van der Waals surface area contributed by atoms with Gasteiger partial charge in [-0.1, -0.05) is 25.1 Å². The number of para-hydroxylation sites is 1. The van der Waals surface area contributed by atoms with E-state index >= 15 is 0 Å². The standard InChI is InChI=1S/C17H19NO4S/c1-3-13-6-4-5-7-15(13)18(2)23(19,20)14-8-9-16-17(12-14)22-11-10-21-16/h4-9,12H,3,10-11H2,1-2H3. The Bertz CT molecular complexity index is 817. The molecule has 0 radical (unpaired) electrons. The van der Waals surface area contributed by atoms with E-state index in [9.17, 15) is 8.42 Å². The third-order valence-corrected chi connectivity index (χ3v) is 5.65. The van der Waals surface area contributed by atoms with Crippen LogP contribution in [0, 0.1) is 0 Å². The summed E-state index contributed by atoms with van der Waals surface area (Å²) in [6.07, 6.45) is 0.761. The second-order valence-corrected chi connectivity index (χ2v) is 7.23. The summed E-state index contributed by atoms with van der Waals surface area (Å²) in [4.78, 5) is 0.190. The van der Waals surface area contributed by atoms with Crippen LogP contribution in [0.1, 0.15) is 12.5 Å². The van der Waals surface area contributed by atoms with Crippen molar-refractivity contribution < 1.29 is 17.9 Å². The molecule has 2 aromatic rings. The molecule has 0 amide bonds. The number of rotatable bonds is 4. The van der Waals surface area contributed by atoms with Crippen LogP contribution in [-0.2, 0) is 16.4 Å². The van der Waals surface area contributed by atoms with Gasteiger partial charge in [-0.2, -0.15) is 0 Å². The smallest absolute Gasteiger partial charge is 0.264 e. The van der Waals surface area contributed by atoms with E-state index in [1.807, 2.05) is 31.2 Å². The fourth-order valence-corrected chi connectivity index (χ4v) is 3.84. The molecule has 5 nitrogen and oxygen atoms in total. The maximum atomic E-state index is 12.9. The number of nitrogens with zero attached hydrogens (tertiary/aromatic N) is 1. The normalized spacial score (nSPS) is 13.7. The van der Waals surface area contributed by atoms with Crippen LogP contribution in [0.25, 0.3) is 0 Å². The van der Waals surface area contributed by atoms with Gasteiger partial charge < -0.3 is 9.47 Å². The monoisotopic (exact) mass is 333 g/mol. The van der Waals surface area contributed by atoms with Crippen molar-refractivity contribution in [1.29, 1.82) is 0 Å². The van der Waals surface area contributed by atoms with Crippen molar-refractivity contribution in [3.63, 3.8) is 0 Å². The lowest BCUT2D eigenvalue weighted by atomic mass is 10.1. The highest BCUT2D eigenvalue weighted by atomic mass is 32.2. The van der Waals surface area contributed by atoms with Crippen LogP contribution in [0.3, 0.4) is 0 Å². The first-order valence-corrected chi connectivity index (χ1v) is 8.94. The molecule has 0 atom stereocenters. The molecule has 0 N–H and O–H groups in total. The molecule has 1 aliphatic rings. The average Bonchev–Trinajstić information content (AvgIpc) is 2.60. The highest BCUT2D eigenvalue weighted by molar-refractivity contribution is 7.92. The number of anilines is 1. The third-order valence-electron chi connectivity index (χ3n) is 3.88. The number of benzene rings is 2. The molecule has 0 fully saturated rings. The van der Waals surface area contributed by atoms with E-state index in [1.54, 1.807) is 19.2 Å². The summed E-state index contributed by atoms with van der Waals surface area (Å²) in [5.74, 6) is 1.04. The van der Waals surface area contributed by atoms with Crippen molar-refractivity contribution in [1.82, 2.24) is 0 Å². The SMILES string of the molecule is CCc1ccccc1N(C)S(=O)(=O)c1ccc2c(c1)OCCO2. The summed E-state index contributed by atoms with van der Waals surface area (Å²) in [5.41, 5.74) is 1.67.